The summed E-state index contributed by atoms with van der Waals surface area (Å²) < 4.78 is 0. The summed E-state index contributed by atoms with van der Waals surface area (Å²) in [6, 6.07) is 9.81. The van der Waals surface area contributed by atoms with Gasteiger partial charge >= 0.3 is 6.03 Å². The van der Waals surface area contributed by atoms with E-state index >= 15 is 0 Å². The Morgan fingerprint density at radius 1 is 1.16 bits per heavy atom. The van der Waals surface area contributed by atoms with E-state index in [-0.39, 0.29) is 17.9 Å². The average Bonchev–Trinajstić information content (AvgIpc) is 2.66. The summed E-state index contributed by atoms with van der Waals surface area (Å²) in [7, 11) is 0. The van der Waals surface area contributed by atoms with Crippen molar-refractivity contribution in [2.24, 2.45) is 5.92 Å². The summed E-state index contributed by atoms with van der Waals surface area (Å²) >= 11 is 0. The average molecular weight is 340 g/mol. The lowest BCUT2D eigenvalue weighted by atomic mass is 9.96. The summed E-state index contributed by atoms with van der Waals surface area (Å²) in [6.07, 6.45) is 3.20. The summed E-state index contributed by atoms with van der Waals surface area (Å²) in [5, 5.41) is 6.90. The second-order valence-electron chi connectivity index (χ2n) is 6.31. The number of pyridine rings is 1. The van der Waals surface area contributed by atoms with E-state index in [1.807, 2.05) is 37.3 Å². The molecule has 3 amide bonds. The Labute approximate surface area is 147 Å². The number of piperidine rings is 1. The highest BCUT2D eigenvalue weighted by Gasteiger charge is 2.26. The molecule has 1 aliphatic heterocycles. The maximum absolute atomic E-state index is 12.4. The molecule has 132 valence electrons. The van der Waals surface area contributed by atoms with Gasteiger partial charge in [-0.25, -0.2) is 4.79 Å². The van der Waals surface area contributed by atoms with Crippen molar-refractivity contribution in [1.82, 2.24) is 20.5 Å². The Bertz CT molecular complexity index is 749. The molecule has 1 aliphatic rings. The summed E-state index contributed by atoms with van der Waals surface area (Å²) in [5.74, 6) is 0.121. The van der Waals surface area contributed by atoms with Crippen LogP contribution in [0.1, 0.15) is 25.3 Å². The molecule has 0 saturated carbocycles. The fourth-order valence-electron chi connectivity index (χ4n) is 3.26. The third kappa shape index (κ3) is 4.07. The molecular weight excluding hydrogens is 316 g/mol. The Balaban J connectivity index is 1.54. The van der Waals surface area contributed by atoms with E-state index in [1.54, 1.807) is 11.1 Å². The van der Waals surface area contributed by atoms with Crippen molar-refractivity contribution in [1.29, 1.82) is 0 Å². The molecular formula is C19H24N4O2. The van der Waals surface area contributed by atoms with Crippen molar-refractivity contribution >= 4 is 22.8 Å². The number of fused-ring (bicyclic) bond motifs is 1. The van der Waals surface area contributed by atoms with Crippen LogP contribution in [-0.4, -0.2) is 41.5 Å². The Morgan fingerprint density at radius 3 is 2.68 bits per heavy atom. The number of para-hydroxylation sites is 1. The van der Waals surface area contributed by atoms with Gasteiger partial charge in [0, 0.05) is 43.7 Å². The van der Waals surface area contributed by atoms with Gasteiger partial charge in [0.1, 0.15) is 0 Å². The van der Waals surface area contributed by atoms with Crippen molar-refractivity contribution in [2.45, 2.75) is 26.3 Å². The highest BCUT2D eigenvalue weighted by molar-refractivity contribution is 5.82. The minimum Gasteiger partial charge on any atom is -0.356 e. The minimum absolute atomic E-state index is 0.0197. The molecule has 0 radical (unpaired) electrons. The maximum Gasteiger partial charge on any atom is 0.317 e. The van der Waals surface area contributed by atoms with Crippen LogP contribution in [0.15, 0.2) is 36.5 Å². The largest absolute Gasteiger partial charge is 0.356 e. The predicted molar refractivity (Wildman–Crippen MR) is 97.0 cm³/mol. The number of hydrogen-bond acceptors (Lipinski definition) is 3. The van der Waals surface area contributed by atoms with Crippen LogP contribution >= 0.6 is 0 Å². The molecule has 3 rings (SSSR count). The van der Waals surface area contributed by atoms with Crippen LogP contribution in [0.25, 0.3) is 10.9 Å². The molecule has 1 saturated heterocycles. The van der Waals surface area contributed by atoms with Gasteiger partial charge in [-0.3, -0.25) is 9.78 Å². The number of nitrogens with zero attached hydrogens (tertiary/aromatic N) is 2. The summed E-state index contributed by atoms with van der Waals surface area (Å²) in [6.45, 7) is 4.24. The molecule has 25 heavy (non-hydrogen) atoms. The molecule has 0 atom stereocenters. The van der Waals surface area contributed by atoms with Gasteiger partial charge in [-0.15, -0.1) is 0 Å². The molecule has 2 N–H and O–H groups in total. The monoisotopic (exact) mass is 340 g/mol. The van der Waals surface area contributed by atoms with Gasteiger partial charge in [-0.05, 0) is 31.4 Å². The Hall–Kier alpha value is -2.63. The van der Waals surface area contributed by atoms with Crippen molar-refractivity contribution in [3.05, 3.63) is 42.1 Å². The van der Waals surface area contributed by atoms with Crippen molar-refractivity contribution in [2.75, 3.05) is 19.6 Å². The van der Waals surface area contributed by atoms with E-state index in [2.05, 4.69) is 15.6 Å². The van der Waals surface area contributed by atoms with Crippen LogP contribution in [0.4, 0.5) is 4.79 Å². The quantitative estimate of drug-likeness (QED) is 0.897. The van der Waals surface area contributed by atoms with E-state index in [0.717, 1.165) is 29.3 Å². The number of likely N-dealkylation sites (tertiary alicyclic amines) is 1. The number of amides is 3. The maximum atomic E-state index is 12.4. The smallest absolute Gasteiger partial charge is 0.317 e. The standard InChI is InChI=1S/C19H24N4O2/c1-2-20-18(24)15-8-11-23(12-9-15)19(25)22-13-16-6-3-5-14-7-4-10-21-17(14)16/h3-7,10,15H,2,8-9,11-13H2,1H3,(H,20,24)(H,22,25). The number of nitrogens with one attached hydrogen (secondary N) is 2. The first-order valence-electron chi connectivity index (χ1n) is 8.82. The molecule has 0 aliphatic carbocycles. The van der Waals surface area contributed by atoms with Crippen molar-refractivity contribution < 1.29 is 9.59 Å². The van der Waals surface area contributed by atoms with E-state index in [4.69, 9.17) is 0 Å². The van der Waals surface area contributed by atoms with Crippen LogP contribution in [0, 0.1) is 5.92 Å². The van der Waals surface area contributed by atoms with Crippen LogP contribution in [0.2, 0.25) is 0 Å². The first-order chi connectivity index (χ1) is 12.2. The Morgan fingerprint density at radius 2 is 1.92 bits per heavy atom. The lowest BCUT2D eigenvalue weighted by Crippen LogP contribution is -2.46. The van der Waals surface area contributed by atoms with Gasteiger partial charge in [0.2, 0.25) is 5.91 Å². The zero-order chi connectivity index (χ0) is 17.6. The molecule has 0 bridgehead atoms. The van der Waals surface area contributed by atoms with Crippen LogP contribution < -0.4 is 10.6 Å². The first kappa shape index (κ1) is 17.2. The number of aromatic nitrogens is 1. The summed E-state index contributed by atoms with van der Waals surface area (Å²) in [4.78, 5) is 30.5. The molecule has 1 aromatic carbocycles. The van der Waals surface area contributed by atoms with E-state index in [0.29, 0.717) is 26.2 Å². The lowest BCUT2D eigenvalue weighted by molar-refractivity contribution is -0.126. The fraction of sp³-hybridized carbons (Fsp3) is 0.421. The highest BCUT2D eigenvalue weighted by atomic mass is 16.2. The molecule has 6 nitrogen and oxygen atoms in total. The molecule has 0 spiro atoms. The minimum atomic E-state index is -0.0812. The number of rotatable bonds is 4. The van der Waals surface area contributed by atoms with Gasteiger partial charge in [-0.2, -0.15) is 0 Å². The first-order valence-corrected chi connectivity index (χ1v) is 8.82. The second kappa shape index (κ2) is 7.96. The normalized spacial score (nSPS) is 15.2. The SMILES string of the molecule is CCNC(=O)C1CCN(C(=O)NCc2cccc3cccnc23)CC1. The topological polar surface area (TPSA) is 74.3 Å². The van der Waals surface area contributed by atoms with Gasteiger partial charge in [0.05, 0.1) is 5.52 Å². The molecule has 2 heterocycles. The van der Waals surface area contributed by atoms with Crippen LogP contribution in [-0.2, 0) is 11.3 Å². The second-order valence-corrected chi connectivity index (χ2v) is 6.31. The van der Waals surface area contributed by atoms with Crippen molar-refractivity contribution in [3.63, 3.8) is 0 Å². The molecule has 1 aromatic heterocycles. The van der Waals surface area contributed by atoms with E-state index in [1.165, 1.54) is 0 Å². The molecule has 2 aromatic rings. The molecule has 0 unspecified atom stereocenters. The Kier molecular flexibility index (Phi) is 5.48. The lowest BCUT2D eigenvalue weighted by Gasteiger charge is -2.31. The van der Waals surface area contributed by atoms with E-state index in [9.17, 15) is 9.59 Å². The van der Waals surface area contributed by atoms with E-state index < -0.39 is 0 Å². The predicted octanol–water partition coefficient (Wildman–Crippen LogP) is 2.29. The fourth-order valence-corrected chi connectivity index (χ4v) is 3.26. The number of carbonyl (C=O) groups is 2. The van der Waals surface area contributed by atoms with Gasteiger partial charge in [0.15, 0.2) is 0 Å². The van der Waals surface area contributed by atoms with Gasteiger partial charge in [-0.1, -0.05) is 24.3 Å². The van der Waals surface area contributed by atoms with Crippen molar-refractivity contribution in [3.8, 4) is 0 Å². The van der Waals surface area contributed by atoms with Crippen LogP contribution in [0.5, 0.6) is 0 Å². The van der Waals surface area contributed by atoms with Gasteiger partial charge in [0.25, 0.3) is 0 Å². The number of carbonyl (C=O) groups excluding carboxylic acids is 2. The highest BCUT2D eigenvalue weighted by Crippen LogP contribution is 2.18. The number of hydrogen-bond donors (Lipinski definition) is 2. The zero-order valence-corrected chi connectivity index (χ0v) is 14.5. The molecule has 6 heteroatoms. The zero-order valence-electron chi connectivity index (χ0n) is 14.5. The third-order valence-corrected chi connectivity index (χ3v) is 4.65. The number of urea groups is 1. The number of benzene rings is 1. The van der Waals surface area contributed by atoms with Gasteiger partial charge < -0.3 is 15.5 Å². The van der Waals surface area contributed by atoms with Crippen LogP contribution in [0.3, 0.4) is 0 Å². The third-order valence-electron chi connectivity index (χ3n) is 4.65. The summed E-state index contributed by atoms with van der Waals surface area (Å²) in [5.41, 5.74) is 1.92. The molecule has 1 fully saturated rings.